The van der Waals surface area contributed by atoms with Gasteiger partial charge in [-0.1, -0.05) is 18.2 Å². The van der Waals surface area contributed by atoms with Crippen molar-refractivity contribution in [1.82, 2.24) is 14.5 Å². The van der Waals surface area contributed by atoms with Crippen LogP contribution in [0.15, 0.2) is 65.5 Å². The molecule has 1 fully saturated rings. The Balaban J connectivity index is 0.000000235. The molecule has 2 aromatic heterocycles. The molecule has 1 aliphatic carbocycles. The van der Waals surface area contributed by atoms with E-state index in [4.69, 9.17) is 25.4 Å². The summed E-state index contributed by atoms with van der Waals surface area (Å²) in [5.74, 6) is -1.82. The number of aromatic hydroxyl groups is 2. The highest BCUT2D eigenvalue weighted by Crippen LogP contribution is 2.49. The van der Waals surface area contributed by atoms with Crippen molar-refractivity contribution in [3.05, 3.63) is 87.8 Å². The normalized spacial score (nSPS) is 21.9. The number of nitrogens with zero attached hydrogens (tertiary/aromatic N) is 3. The number of nitrogens with two attached hydrogens (primary N) is 1. The van der Waals surface area contributed by atoms with Crippen LogP contribution in [0.4, 0.5) is 0 Å². The Bertz CT molecular complexity index is 1770. The lowest BCUT2D eigenvalue weighted by Gasteiger charge is -2.53. The number of halogens is 1. The second-order valence-corrected chi connectivity index (χ2v) is 13.4. The van der Waals surface area contributed by atoms with Crippen LogP contribution in [-0.4, -0.2) is 80.6 Å². The quantitative estimate of drug-likeness (QED) is 0.162. The van der Waals surface area contributed by atoms with Gasteiger partial charge < -0.3 is 35.1 Å². The van der Waals surface area contributed by atoms with Gasteiger partial charge in [0.25, 0.3) is 0 Å². The third-order valence-electron chi connectivity index (χ3n) is 9.03. The van der Waals surface area contributed by atoms with Crippen LogP contribution in [0.1, 0.15) is 40.4 Å². The van der Waals surface area contributed by atoms with E-state index in [0.29, 0.717) is 17.7 Å². The molecule has 3 heterocycles. The van der Waals surface area contributed by atoms with Crippen molar-refractivity contribution in [2.45, 2.75) is 43.4 Å². The van der Waals surface area contributed by atoms with Crippen molar-refractivity contribution in [2.24, 2.45) is 18.7 Å². The molecule has 4 unspecified atom stereocenters. The molecule has 1 aliphatic heterocycles. The monoisotopic (exact) mass is 694 g/mol. The summed E-state index contributed by atoms with van der Waals surface area (Å²) in [6.45, 7) is 2.60. The average molecular weight is 696 g/mol. The molecule has 5 N–H and O–H groups in total. The molecule has 0 radical (unpaired) electrons. The van der Waals surface area contributed by atoms with E-state index in [0.717, 1.165) is 23.9 Å². The number of likely N-dealkylation sites (tertiary alicyclic amines) is 1. The Hall–Kier alpha value is -3.97. The van der Waals surface area contributed by atoms with Gasteiger partial charge in [0, 0.05) is 73.0 Å². The molecule has 46 heavy (non-hydrogen) atoms. The van der Waals surface area contributed by atoms with Crippen molar-refractivity contribution in [2.75, 3.05) is 27.3 Å². The zero-order chi connectivity index (χ0) is 33.4. The lowest BCUT2D eigenvalue weighted by atomic mass is 9.69. The van der Waals surface area contributed by atoms with E-state index in [2.05, 4.69) is 68.9 Å². The van der Waals surface area contributed by atoms with E-state index in [1.807, 2.05) is 7.11 Å². The minimum absolute atomic E-state index is 0.0795. The highest BCUT2D eigenvalue weighted by Gasteiger charge is 2.52. The number of phenols is 2. The number of ether oxygens (including phenoxy) is 2. The zero-order valence-corrected chi connectivity index (χ0v) is 27.8. The maximum atomic E-state index is 12.5. The van der Waals surface area contributed by atoms with E-state index in [1.165, 1.54) is 53.3 Å². The number of esters is 1. The number of hydrogen-bond acceptors (Lipinski definition) is 9. The number of phenolic OH excluding ortho intramolecular Hbond substituents is 2. The van der Waals surface area contributed by atoms with Crippen LogP contribution in [0.2, 0.25) is 0 Å². The highest BCUT2D eigenvalue weighted by molar-refractivity contribution is 9.10. The Morgan fingerprint density at radius 1 is 1.15 bits per heavy atom. The molecule has 0 saturated carbocycles. The van der Waals surface area contributed by atoms with E-state index in [1.54, 1.807) is 12.3 Å². The van der Waals surface area contributed by atoms with Gasteiger partial charge in [-0.2, -0.15) is 0 Å². The zero-order valence-electron chi connectivity index (χ0n) is 26.2. The number of aryl methyl sites for hydroxylation is 1. The molecule has 11 nitrogen and oxygen atoms in total. The van der Waals surface area contributed by atoms with Crippen molar-refractivity contribution < 1.29 is 34.4 Å². The largest absolute Gasteiger partial charge is 0.504 e. The van der Waals surface area contributed by atoms with Crippen LogP contribution in [0.25, 0.3) is 10.9 Å². The van der Waals surface area contributed by atoms with Crippen LogP contribution in [0.5, 0.6) is 11.5 Å². The van der Waals surface area contributed by atoms with E-state index >= 15 is 0 Å². The first kappa shape index (κ1) is 33.4. The summed E-state index contributed by atoms with van der Waals surface area (Å²) in [4.78, 5) is 29.7. The number of carbonyl (C=O) groups excluding carboxylic acids is 1. The van der Waals surface area contributed by atoms with Crippen molar-refractivity contribution in [1.29, 1.82) is 0 Å². The van der Waals surface area contributed by atoms with Crippen LogP contribution in [-0.2, 0) is 39.8 Å². The van der Waals surface area contributed by atoms with Gasteiger partial charge in [-0.15, -0.1) is 0 Å². The average Bonchev–Trinajstić information content (AvgIpc) is 3.34. The summed E-state index contributed by atoms with van der Waals surface area (Å²) < 4.78 is 15.0. The van der Waals surface area contributed by atoms with E-state index in [-0.39, 0.29) is 35.8 Å². The van der Waals surface area contributed by atoms with Crippen LogP contribution in [0, 0.1) is 5.92 Å². The fourth-order valence-corrected chi connectivity index (χ4v) is 7.17. The van der Waals surface area contributed by atoms with Crippen LogP contribution >= 0.6 is 15.9 Å². The molecular weight excluding hydrogens is 656 g/mol. The number of aromatic nitrogens is 2. The van der Waals surface area contributed by atoms with Gasteiger partial charge in [-0.3, -0.25) is 14.7 Å². The minimum Gasteiger partial charge on any atom is -0.504 e. The van der Waals surface area contributed by atoms with E-state index < -0.39 is 17.1 Å². The predicted molar refractivity (Wildman–Crippen MR) is 176 cm³/mol. The number of likely N-dealkylation sites (N-methyl/N-ethyl adjacent to an activating group) is 1. The van der Waals surface area contributed by atoms with Crippen LogP contribution < -0.4 is 5.73 Å². The topological polar surface area (TPSA) is 160 Å². The van der Waals surface area contributed by atoms with Crippen LogP contribution in [0.3, 0.4) is 0 Å². The molecular formula is C34H39BrN4O7. The lowest BCUT2D eigenvalue weighted by molar-refractivity contribution is -0.142. The highest BCUT2D eigenvalue weighted by atomic mass is 79.9. The molecule has 6 rings (SSSR count). The molecule has 2 aromatic carbocycles. The molecule has 0 amide bonds. The minimum atomic E-state index is -1.39. The lowest BCUT2D eigenvalue weighted by Crippen LogP contribution is -2.59. The summed E-state index contributed by atoms with van der Waals surface area (Å²) >= 11 is 3.35. The van der Waals surface area contributed by atoms with Gasteiger partial charge in [-0.25, -0.2) is 4.79 Å². The Labute approximate surface area is 275 Å². The molecule has 244 valence electrons. The number of fused-ring (bicyclic) bond motifs is 2. The summed E-state index contributed by atoms with van der Waals surface area (Å²) in [6.07, 6.45) is 7.28. The number of carboxylic acid groups (broad SMARTS) is 1. The summed E-state index contributed by atoms with van der Waals surface area (Å²) in [5, 5.41) is 28.4. The molecule has 12 heteroatoms. The first-order valence-corrected chi connectivity index (χ1v) is 15.7. The molecule has 1 saturated heterocycles. The smallest absolute Gasteiger partial charge is 0.339 e. The molecule has 4 atom stereocenters. The van der Waals surface area contributed by atoms with Gasteiger partial charge in [0.2, 0.25) is 0 Å². The number of methoxy groups -OCH3 is 1. The number of rotatable bonds is 7. The predicted octanol–water partition coefficient (Wildman–Crippen LogP) is 4.35. The number of hydrogen-bond donors (Lipinski definition) is 4. The van der Waals surface area contributed by atoms with Gasteiger partial charge in [0.1, 0.15) is 11.1 Å². The molecule has 4 aromatic rings. The SMILES string of the molecule is CC(N)(Cc1ccc(O)c(O)c1)C(=O)O.COC12CC(COC(=O)c3cncc(Br)c3)CN(C)C1Cc1cn(C)c3cccc2c13. The second-order valence-electron chi connectivity index (χ2n) is 12.5. The van der Waals surface area contributed by atoms with Crippen molar-refractivity contribution >= 4 is 38.8 Å². The van der Waals surface area contributed by atoms with Gasteiger partial charge in [-0.05, 0) is 83.7 Å². The van der Waals surface area contributed by atoms with Crippen molar-refractivity contribution in [3.8, 4) is 11.5 Å². The summed E-state index contributed by atoms with van der Waals surface area (Å²) in [7, 11) is 6.07. The first-order valence-electron chi connectivity index (χ1n) is 14.9. The number of piperidine rings is 1. The first-order chi connectivity index (χ1) is 21.8. The molecule has 2 aliphatic rings. The second kappa shape index (κ2) is 13.0. The standard InChI is InChI=1S/C24H26BrN3O3.C10H13NO4/c1-27-13-17-8-21-24(30-3,19-5-4-6-20(27)22(17)19)9-15(12-28(21)2)14-31-23(29)16-7-18(25)11-26-10-16;1-10(11,9(14)15)5-6-2-3-7(12)8(13)4-6/h4-7,10-11,13,15,21H,8-9,12,14H2,1-3H3;2-4,12-13H,5,11H2,1H3,(H,14,15). The maximum absolute atomic E-state index is 12.5. The van der Waals surface area contributed by atoms with E-state index in [9.17, 15) is 14.7 Å². The molecule has 0 bridgehead atoms. The fraction of sp³-hybridized carbons (Fsp3) is 0.382. The number of carboxylic acids is 1. The number of pyridine rings is 1. The molecule has 0 spiro atoms. The number of benzene rings is 2. The van der Waals surface area contributed by atoms with Gasteiger partial charge >= 0.3 is 11.9 Å². The summed E-state index contributed by atoms with van der Waals surface area (Å²) in [6, 6.07) is 12.6. The van der Waals surface area contributed by atoms with Gasteiger partial charge in [0.15, 0.2) is 11.5 Å². The summed E-state index contributed by atoms with van der Waals surface area (Å²) in [5.41, 5.74) is 8.60. The fourth-order valence-electron chi connectivity index (χ4n) is 6.81. The van der Waals surface area contributed by atoms with Crippen molar-refractivity contribution in [3.63, 3.8) is 0 Å². The Morgan fingerprint density at radius 3 is 2.59 bits per heavy atom. The number of aliphatic carboxylic acids is 1. The Kier molecular flexibility index (Phi) is 9.46. The van der Waals surface area contributed by atoms with Gasteiger partial charge in [0.05, 0.1) is 12.2 Å². The number of carbonyl (C=O) groups is 2. The maximum Gasteiger partial charge on any atom is 0.339 e. The third-order valence-corrected chi connectivity index (χ3v) is 9.46. The Morgan fingerprint density at radius 2 is 1.91 bits per heavy atom. The third kappa shape index (κ3) is 6.48.